The second kappa shape index (κ2) is 4.50. The van der Waals surface area contributed by atoms with Gasteiger partial charge in [0.15, 0.2) is 0 Å². The third-order valence-corrected chi connectivity index (χ3v) is 3.23. The topological polar surface area (TPSA) is 75.6 Å². The molecule has 15 heavy (non-hydrogen) atoms. The van der Waals surface area contributed by atoms with Crippen LogP contribution in [0.2, 0.25) is 0 Å². The molecule has 0 spiro atoms. The molecule has 1 rings (SSSR count). The van der Waals surface area contributed by atoms with Crippen molar-refractivity contribution in [2.24, 2.45) is 0 Å². The molecule has 0 aromatic heterocycles. The molecule has 6 heteroatoms. The van der Waals surface area contributed by atoms with E-state index in [1.807, 2.05) is 0 Å². The molecule has 0 bridgehead atoms. The van der Waals surface area contributed by atoms with E-state index in [2.05, 4.69) is 4.72 Å². The molecule has 5 nitrogen and oxygen atoms in total. The Morgan fingerprint density at radius 2 is 2.13 bits per heavy atom. The molecule has 1 aromatic rings. The van der Waals surface area contributed by atoms with Gasteiger partial charge in [-0.25, -0.2) is 13.1 Å². The van der Waals surface area contributed by atoms with Gasteiger partial charge in [0.2, 0.25) is 10.0 Å². The SMILES string of the molecule is CNS(=O)(=O)Cc1cc(O)ccc1OC. The van der Waals surface area contributed by atoms with Gasteiger partial charge in [-0.15, -0.1) is 0 Å². The Kier molecular flexibility index (Phi) is 3.54. The first-order valence-electron chi connectivity index (χ1n) is 4.25. The summed E-state index contributed by atoms with van der Waals surface area (Å²) in [4.78, 5) is 0. The molecule has 0 aliphatic carbocycles. The van der Waals surface area contributed by atoms with Crippen molar-refractivity contribution in [1.29, 1.82) is 0 Å². The minimum atomic E-state index is -3.36. The number of benzene rings is 1. The van der Waals surface area contributed by atoms with Gasteiger partial charge in [-0.1, -0.05) is 0 Å². The second-order valence-corrected chi connectivity index (χ2v) is 4.89. The van der Waals surface area contributed by atoms with Crippen LogP contribution in [-0.4, -0.2) is 27.7 Å². The van der Waals surface area contributed by atoms with E-state index < -0.39 is 10.0 Å². The molecule has 0 aliphatic rings. The van der Waals surface area contributed by atoms with Crippen molar-refractivity contribution in [3.63, 3.8) is 0 Å². The Morgan fingerprint density at radius 1 is 1.47 bits per heavy atom. The number of hydrogen-bond donors (Lipinski definition) is 2. The van der Waals surface area contributed by atoms with E-state index in [-0.39, 0.29) is 11.5 Å². The highest BCUT2D eigenvalue weighted by Gasteiger charge is 2.13. The summed E-state index contributed by atoms with van der Waals surface area (Å²) in [6.45, 7) is 0. The van der Waals surface area contributed by atoms with E-state index in [1.54, 1.807) is 0 Å². The molecule has 0 unspecified atom stereocenters. The first-order chi connectivity index (χ1) is 6.98. The fourth-order valence-electron chi connectivity index (χ4n) is 1.15. The lowest BCUT2D eigenvalue weighted by Crippen LogP contribution is -2.20. The quantitative estimate of drug-likeness (QED) is 0.789. The van der Waals surface area contributed by atoms with Gasteiger partial charge >= 0.3 is 0 Å². The van der Waals surface area contributed by atoms with Crippen molar-refractivity contribution < 1.29 is 18.3 Å². The molecule has 1 aromatic carbocycles. The number of phenolic OH excluding ortho intramolecular Hbond substituents is 1. The van der Waals surface area contributed by atoms with Crippen molar-refractivity contribution in [3.05, 3.63) is 23.8 Å². The Bertz CT molecular complexity index is 441. The molecule has 84 valence electrons. The first-order valence-corrected chi connectivity index (χ1v) is 5.91. The fourth-order valence-corrected chi connectivity index (χ4v) is 1.93. The van der Waals surface area contributed by atoms with Gasteiger partial charge in [0, 0.05) is 5.56 Å². The van der Waals surface area contributed by atoms with E-state index in [1.165, 1.54) is 32.4 Å². The van der Waals surface area contributed by atoms with Gasteiger partial charge in [-0.3, -0.25) is 0 Å². The van der Waals surface area contributed by atoms with Crippen molar-refractivity contribution in [2.45, 2.75) is 5.75 Å². The van der Waals surface area contributed by atoms with Gasteiger partial charge in [-0.2, -0.15) is 0 Å². The van der Waals surface area contributed by atoms with Crippen LogP contribution in [0.4, 0.5) is 0 Å². The normalized spacial score (nSPS) is 11.3. The minimum absolute atomic E-state index is 0.0112. The summed E-state index contributed by atoms with van der Waals surface area (Å²) in [7, 11) is -0.579. The molecule has 2 N–H and O–H groups in total. The summed E-state index contributed by atoms with van der Waals surface area (Å²) in [5, 5.41) is 9.23. The van der Waals surface area contributed by atoms with Crippen molar-refractivity contribution in [3.8, 4) is 11.5 Å². The molecular formula is C9H13NO4S. The molecule has 0 aliphatic heterocycles. The van der Waals surface area contributed by atoms with E-state index in [0.29, 0.717) is 11.3 Å². The lowest BCUT2D eigenvalue weighted by Gasteiger charge is -2.08. The van der Waals surface area contributed by atoms with Crippen molar-refractivity contribution in [1.82, 2.24) is 4.72 Å². The summed E-state index contributed by atoms with van der Waals surface area (Å²) in [5.41, 5.74) is 0.423. The maximum absolute atomic E-state index is 11.3. The van der Waals surface area contributed by atoms with E-state index in [9.17, 15) is 13.5 Å². The van der Waals surface area contributed by atoms with Crippen LogP contribution in [0.5, 0.6) is 11.5 Å². The zero-order chi connectivity index (χ0) is 11.5. The van der Waals surface area contributed by atoms with Crippen LogP contribution in [-0.2, 0) is 15.8 Å². The summed E-state index contributed by atoms with van der Waals surface area (Å²) in [6, 6.07) is 4.33. The standard InChI is InChI=1S/C9H13NO4S/c1-10-15(12,13)6-7-5-8(11)3-4-9(7)14-2/h3-5,10-11H,6H2,1-2H3. The van der Waals surface area contributed by atoms with E-state index >= 15 is 0 Å². The Balaban J connectivity index is 3.08. The predicted molar refractivity (Wildman–Crippen MR) is 56.3 cm³/mol. The lowest BCUT2D eigenvalue weighted by atomic mass is 10.2. The molecule has 0 heterocycles. The Morgan fingerprint density at radius 3 is 2.67 bits per heavy atom. The largest absolute Gasteiger partial charge is 0.508 e. The maximum atomic E-state index is 11.3. The summed E-state index contributed by atoms with van der Waals surface area (Å²) >= 11 is 0. The zero-order valence-corrected chi connectivity index (χ0v) is 9.34. The number of rotatable bonds is 4. The van der Waals surface area contributed by atoms with Crippen LogP contribution in [0.15, 0.2) is 18.2 Å². The fraction of sp³-hybridized carbons (Fsp3) is 0.333. The molecular weight excluding hydrogens is 218 g/mol. The molecule has 0 fully saturated rings. The van der Waals surface area contributed by atoms with Crippen LogP contribution < -0.4 is 9.46 Å². The monoisotopic (exact) mass is 231 g/mol. The number of hydrogen-bond acceptors (Lipinski definition) is 4. The van der Waals surface area contributed by atoms with Gasteiger partial charge in [-0.05, 0) is 25.2 Å². The van der Waals surface area contributed by atoms with Gasteiger partial charge in [0.05, 0.1) is 12.9 Å². The van der Waals surface area contributed by atoms with Crippen LogP contribution in [0.3, 0.4) is 0 Å². The maximum Gasteiger partial charge on any atom is 0.215 e. The predicted octanol–water partition coefficient (Wildman–Crippen LogP) is 0.450. The average Bonchev–Trinajstić information content (AvgIpc) is 2.18. The Hall–Kier alpha value is -1.27. The highest BCUT2D eigenvalue weighted by Crippen LogP contribution is 2.24. The van der Waals surface area contributed by atoms with E-state index in [4.69, 9.17) is 4.74 Å². The molecule has 0 atom stereocenters. The van der Waals surface area contributed by atoms with Gasteiger partial charge in [0.1, 0.15) is 11.5 Å². The first kappa shape index (κ1) is 11.8. The third-order valence-electron chi connectivity index (χ3n) is 1.92. The van der Waals surface area contributed by atoms with Crippen molar-refractivity contribution in [2.75, 3.05) is 14.2 Å². The lowest BCUT2D eigenvalue weighted by molar-refractivity contribution is 0.408. The number of nitrogens with one attached hydrogen (secondary N) is 1. The zero-order valence-electron chi connectivity index (χ0n) is 8.52. The van der Waals surface area contributed by atoms with Crippen LogP contribution in [0.1, 0.15) is 5.56 Å². The highest BCUT2D eigenvalue weighted by molar-refractivity contribution is 7.88. The number of ether oxygens (including phenoxy) is 1. The molecule has 0 saturated heterocycles. The number of phenols is 1. The number of sulfonamides is 1. The average molecular weight is 231 g/mol. The van der Waals surface area contributed by atoms with E-state index in [0.717, 1.165) is 0 Å². The molecule has 0 saturated carbocycles. The van der Waals surface area contributed by atoms with Crippen molar-refractivity contribution >= 4 is 10.0 Å². The Labute approximate surface area is 88.7 Å². The molecule has 0 amide bonds. The number of aromatic hydroxyl groups is 1. The third kappa shape index (κ3) is 3.10. The van der Waals surface area contributed by atoms with Gasteiger partial charge in [0.25, 0.3) is 0 Å². The number of methoxy groups -OCH3 is 1. The summed E-state index contributed by atoms with van der Waals surface area (Å²) < 4.78 is 29.8. The van der Waals surface area contributed by atoms with Crippen LogP contribution in [0, 0.1) is 0 Å². The van der Waals surface area contributed by atoms with Gasteiger partial charge < -0.3 is 9.84 Å². The highest BCUT2D eigenvalue weighted by atomic mass is 32.2. The van der Waals surface area contributed by atoms with Crippen LogP contribution >= 0.6 is 0 Å². The summed E-state index contributed by atoms with van der Waals surface area (Å²) in [6.07, 6.45) is 0. The smallest absolute Gasteiger partial charge is 0.215 e. The van der Waals surface area contributed by atoms with Crippen LogP contribution in [0.25, 0.3) is 0 Å². The second-order valence-electron chi connectivity index (χ2n) is 2.96. The minimum Gasteiger partial charge on any atom is -0.508 e. The summed E-state index contributed by atoms with van der Waals surface area (Å²) in [5.74, 6) is 0.227. The molecule has 0 radical (unpaired) electrons.